The monoisotopic (exact) mass is 1400 g/mol. The first-order valence-corrected chi connectivity index (χ1v) is 42.2. The SMILES string of the molecule is CCC(C)CCCCCCCCCCCCCCCCCCCCC(=O)OC[C@H](COP(=O)(O)OCC(O)COP(=O)(O)OC[C@@H](COC(=O)CCCCCCCCCCC(C)C)OC(=O)CCCCCCCCCCC(C)C)OC(=O)CCCCCCCCCCC(C)C. The lowest BCUT2D eigenvalue weighted by atomic mass is 9.99. The summed E-state index contributed by atoms with van der Waals surface area (Å²) < 4.78 is 68.4. The molecule has 6 atom stereocenters. The van der Waals surface area contributed by atoms with Gasteiger partial charge in [0.05, 0.1) is 26.4 Å². The summed E-state index contributed by atoms with van der Waals surface area (Å²) >= 11 is 0. The Labute approximate surface area is 581 Å². The van der Waals surface area contributed by atoms with Crippen LogP contribution >= 0.6 is 15.6 Å². The Balaban J connectivity index is 5.14. The largest absolute Gasteiger partial charge is 0.472 e. The van der Waals surface area contributed by atoms with Gasteiger partial charge >= 0.3 is 39.5 Å². The van der Waals surface area contributed by atoms with Crippen LogP contribution in [-0.2, 0) is 65.4 Å². The molecule has 0 radical (unpaired) electrons. The summed E-state index contributed by atoms with van der Waals surface area (Å²) in [7, 11) is -9.91. The zero-order valence-corrected chi connectivity index (χ0v) is 64.1. The van der Waals surface area contributed by atoms with Gasteiger partial charge in [-0.25, -0.2) is 9.13 Å². The van der Waals surface area contributed by atoms with Crippen LogP contribution in [0.4, 0.5) is 0 Å². The molecular formula is C76H148O17P2. The highest BCUT2D eigenvalue weighted by molar-refractivity contribution is 7.47. The molecule has 95 heavy (non-hydrogen) atoms. The van der Waals surface area contributed by atoms with Crippen LogP contribution in [0.25, 0.3) is 0 Å². The fraction of sp³-hybridized carbons (Fsp3) is 0.947. The predicted molar refractivity (Wildman–Crippen MR) is 386 cm³/mol. The third kappa shape index (κ3) is 69.0. The van der Waals surface area contributed by atoms with Gasteiger partial charge in [-0.1, -0.05) is 331 Å². The minimum atomic E-state index is -4.96. The van der Waals surface area contributed by atoms with E-state index in [4.69, 9.17) is 37.0 Å². The van der Waals surface area contributed by atoms with Crippen LogP contribution < -0.4 is 0 Å². The van der Waals surface area contributed by atoms with E-state index < -0.39 is 97.5 Å². The van der Waals surface area contributed by atoms with Gasteiger partial charge in [0, 0.05) is 25.7 Å². The molecule has 0 amide bonds. The van der Waals surface area contributed by atoms with Gasteiger partial charge < -0.3 is 33.8 Å². The minimum Gasteiger partial charge on any atom is -0.462 e. The lowest BCUT2D eigenvalue weighted by Crippen LogP contribution is -2.30. The fourth-order valence-electron chi connectivity index (χ4n) is 11.5. The number of rotatable bonds is 73. The van der Waals surface area contributed by atoms with Gasteiger partial charge in [0.1, 0.15) is 19.3 Å². The predicted octanol–water partition coefficient (Wildman–Crippen LogP) is 22.0. The quantitative estimate of drug-likeness (QED) is 0.0222. The van der Waals surface area contributed by atoms with Crippen LogP contribution in [0.1, 0.15) is 383 Å². The van der Waals surface area contributed by atoms with Crippen molar-refractivity contribution in [3.63, 3.8) is 0 Å². The lowest BCUT2D eigenvalue weighted by molar-refractivity contribution is -0.161. The maximum Gasteiger partial charge on any atom is 0.472 e. The van der Waals surface area contributed by atoms with Crippen molar-refractivity contribution in [3.8, 4) is 0 Å². The molecule has 0 aliphatic rings. The van der Waals surface area contributed by atoms with Crippen molar-refractivity contribution in [2.75, 3.05) is 39.6 Å². The number of unbranched alkanes of at least 4 members (excludes halogenated alkanes) is 38. The zero-order chi connectivity index (χ0) is 70.3. The van der Waals surface area contributed by atoms with Crippen LogP contribution in [0.15, 0.2) is 0 Å². The number of phosphoric ester groups is 2. The van der Waals surface area contributed by atoms with E-state index in [-0.39, 0.29) is 25.7 Å². The second-order valence-electron chi connectivity index (χ2n) is 29.1. The van der Waals surface area contributed by atoms with E-state index in [9.17, 15) is 43.2 Å². The molecule has 19 heteroatoms. The van der Waals surface area contributed by atoms with Crippen LogP contribution in [0, 0.1) is 23.7 Å². The number of aliphatic hydroxyl groups is 1. The summed E-state index contributed by atoms with van der Waals surface area (Å²) in [6.45, 7) is 14.1. The molecule has 0 rings (SSSR count). The molecule has 0 aliphatic carbocycles. The van der Waals surface area contributed by atoms with Crippen molar-refractivity contribution in [2.24, 2.45) is 23.7 Å². The number of phosphoric acid groups is 2. The van der Waals surface area contributed by atoms with E-state index in [1.54, 1.807) is 0 Å². The van der Waals surface area contributed by atoms with E-state index in [2.05, 4.69) is 55.4 Å². The average molecular weight is 1400 g/mol. The molecular weight excluding hydrogens is 1250 g/mol. The fourth-order valence-corrected chi connectivity index (χ4v) is 13.1. The molecule has 0 bridgehead atoms. The molecule has 17 nitrogen and oxygen atoms in total. The van der Waals surface area contributed by atoms with E-state index >= 15 is 0 Å². The Morgan fingerprint density at radius 3 is 0.747 bits per heavy atom. The Kier molecular flexibility index (Phi) is 64.0. The molecule has 4 unspecified atom stereocenters. The number of ether oxygens (including phenoxy) is 4. The minimum absolute atomic E-state index is 0.103. The number of hydrogen-bond acceptors (Lipinski definition) is 15. The van der Waals surface area contributed by atoms with Crippen molar-refractivity contribution >= 4 is 39.5 Å². The third-order valence-corrected chi connectivity index (χ3v) is 19.8. The first kappa shape index (κ1) is 93.1. The van der Waals surface area contributed by atoms with Gasteiger partial charge in [0.2, 0.25) is 0 Å². The molecule has 0 aromatic rings. The number of esters is 4. The van der Waals surface area contributed by atoms with Crippen LogP contribution in [0.5, 0.6) is 0 Å². The Bertz CT molecular complexity index is 1870. The maximum atomic E-state index is 13.1. The summed E-state index contributed by atoms with van der Waals surface area (Å²) in [5.41, 5.74) is 0. The lowest BCUT2D eigenvalue weighted by Gasteiger charge is -2.21. The smallest absolute Gasteiger partial charge is 0.462 e. The molecule has 0 saturated heterocycles. The molecule has 0 saturated carbocycles. The molecule has 0 aromatic carbocycles. The van der Waals surface area contributed by atoms with Crippen molar-refractivity contribution in [2.45, 2.75) is 401 Å². The van der Waals surface area contributed by atoms with E-state index in [1.807, 2.05) is 0 Å². The first-order valence-electron chi connectivity index (χ1n) is 39.2. The van der Waals surface area contributed by atoms with E-state index in [0.29, 0.717) is 25.7 Å². The Morgan fingerprint density at radius 2 is 0.505 bits per heavy atom. The number of carbonyl (C=O) groups is 4. The number of carbonyl (C=O) groups excluding carboxylic acids is 4. The average Bonchev–Trinajstić information content (AvgIpc) is 3.58. The Hall–Kier alpha value is -1.94. The van der Waals surface area contributed by atoms with Crippen molar-refractivity contribution in [1.29, 1.82) is 0 Å². The molecule has 564 valence electrons. The topological polar surface area (TPSA) is 237 Å². The highest BCUT2D eigenvalue weighted by Crippen LogP contribution is 2.45. The van der Waals surface area contributed by atoms with Gasteiger partial charge in [-0.2, -0.15) is 0 Å². The molecule has 0 spiro atoms. The van der Waals surface area contributed by atoms with E-state index in [1.165, 1.54) is 186 Å². The number of aliphatic hydroxyl groups excluding tert-OH is 1. The summed E-state index contributed by atoms with van der Waals surface area (Å²) in [5, 5.41) is 10.6. The van der Waals surface area contributed by atoms with Crippen molar-refractivity contribution < 1.29 is 80.2 Å². The molecule has 0 aliphatic heterocycles. The van der Waals surface area contributed by atoms with Gasteiger partial charge in [-0.05, 0) is 49.4 Å². The molecule has 0 fully saturated rings. The molecule has 3 N–H and O–H groups in total. The number of hydrogen-bond donors (Lipinski definition) is 3. The molecule has 0 aromatic heterocycles. The highest BCUT2D eigenvalue weighted by Gasteiger charge is 2.30. The van der Waals surface area contributed by atoms with Crippen molar-refractivity contribution in [1.82, 2.24) is 0 Å². The van der Waals surface area contributed by atoms with Gasteiger partial charge in [-0.15, -0.1) is 0 Å². The normalized spacial score (nSPS) is 14.4. The standard InChI is InChI=1S/C76H148O17P2/c1-9-69(8)55-47-39-31-20-18-16-14-12-10-11-13-15-17-19-21-32-40-48-56-73(78)86-62-71(92-75(80)58-50-42-34-26-23-29-37-45-53-67(4)5)64-90-94(82,83)88-60-70(77)61-89-95(84,85)91-65-72(93-76(81)59-51-43-35-27-24-30-38-46-54-68(6)7)63-87-74(79)57-49-41-33-25-22-28-36-44-52-66(2)3/h66-72,77H,9-65H2,1-8H3,(H,82,83)(H,84,85)/t69?,70?,71-,72-/m1/s1. The third-order valence-electron chi connectivity index (χ3n) is 17.9. The van der Waals surface area contributed by atoms with Crippen LogP contribution in [0.3, 0.4) is 0 Å². The second-order valence-corrected chi connectivity index (χ2v) is 32.0. The highest BCUT2D eigenvalue weighted by atomic mass is 31.2. The summed E-state index contributed by atoms with van der Waals surface area (Å²) in [4.78, 5) is 72.7. The summed E-state index contributed by atoms with van der Waals surface area (Å²) in [6, 6.07) is 0. The van der Waals surface area contributed by atoms with Crippen LogP contribution in [0.2, 0.25) is 0 Å². The zero-order valence-electron chi connectivity index (χ0n) is 62.3. The molecule has 0 heterocycles. The summed E-state index contributed by atoms with van der Waals surface area (Å²) in [6.07, 6.45) is 50.2. The van der Waals surface area contributed by atoms with Gasteiger partial charge in [0.15, 0.2) is 12.2 Å². The second kappa shape index (κ2) is 65.4. The Morgan fingerprint density at radius 1 is 0.295 bits per heavy atom. The van der Waals surface area contributed by atoms with Gasteiger partial charge in [0.25, 0.3) is 0 Å². The first-order chi connectivity index (χ1) is 45.6. The van der Waals surface area contributed by atoms with Crippen LogP contribution in [-0.4, -0.2) is 96.7 Å². The van der Waals surface area contributed by atoms with Gasteiger partial charge in [-0.3, -0.25) is 37.3 Å². The van der Waals surface area contributed by atoms with Crippen molar-refractivity contribution in [3.05, 3.63) is 0 Å². The summed E-state index contributed by atoms with van der Waals surface area (Å²) in [5.74, 6) is 0.910. The van der Waals surface area contributed by atoms with E-state index in [0.717, 1.165) is 114 Å². The maximum absolute atomic E-state index is 13.1.